The van der Waals surface area contributed by atoms with Crippen molar-refractivity contribution >= 4 is 11.8 Å². The third-order valence-electron chi connectivity index (χ3n) is 2.26. The molecular formula is C9H14N4O3. The molecule has 16 heavy (non-hydrogen) atoms. The molecule has 0 bridgehead atoms. The maximum Gasteiger partial charge on any atom is 0.240 e. The van der Waals surface area contributed by atoms with Crippen molar-refractivity contribution in [1.29, 1.82) is 5.26 Å². The monoisotopic (exact) mass is 226 g/mol. The number of primary amides is 1. The maximum absolute atomic E-state index is 11.7. The van der Waals surface area contributed by atoms with E-state index >= 15 is 0 Å². The van der Waals surface area contributed by atoms with Crippen LogP contribution in [-0.2, 0) is 14.3 Å². The first-order chi connectivity index (χ1) is 7.54. The molecule has 0 aromatic carbocycles. The molecule has 1 rings (SSSR count). The summed E-state index contributed by atoms with van der Waals surface area (Å²) < 4.78 is 5.08. The Kier molecular flexibility index (Phi) is 4.22. The Labute approximate surface area is 92.9 Å². The van der Waals surface area contributed by atoms with Gasteiger partial charge in [-0.15, -0.1) is 0 Å². The van der Waals surface area contributed by atoms with Crippen LogP contribution >= 0.6 is 0 Å². The van der Waals surface area contributed by atoms with Gasteiger partial charge < -0.3 is 21.1 Å². The Bertz CT molecular complexity index is 325. The topological polar surface area (TPSA) is 122 Å². The summed E-state index contributed by atoms with van der Waals surface area (Å²) >= 11 is 0. The Morgan fingerprint density at radius 1 is 1.62 bits per heavy atom. The lowest BCUT2D eigenvalue weighted by Gasteiger charge is -2.31. The Morgan fingerprint density at radius 2 is 2.31 bits per heavy atom. The molecule has 2 atom stereocenters. The van der Waals surface area contributed by atoms with Crippen LogP contribution in [0.2, 0.25) is 0 Å². The van der Waals surface area contributed by atoms with Gasteiger partial charge in [0.05, 0.1) is 31.7 Å². The van der Waals surface area contributed by atoms with Gasteiger partial charge in [-0.1, -0.05) is 0 Å². The number of nitrogens with two attached hydrogens (primary N) is 2. The molecule has 0 radical (unpaired) electrons. The minimum atomic E-state index is -0.935. The van der Waals surface area contributed by atoms with E-state index in [0.717, 1.165) is 0 Å². The standard InChI is InChI=1S/C9H14N4O3/c10-4-6-5-13(1-2-16-6)9(15)7(11)3-8(12)14/h6-7H,1-3,5,11H2,(H2,12,14). The quantitative estimate of drug-likeness (QED) is 0.573. The summed E-state index contributed by atoms with van der Waals surface area (Å²) in [6.45, 7) is 0.860. The second-order valence-corrected chi connectivity index (χ2v) is 3.55. The molecule has 2 unspecified atom stereocenters. The number of amides is 2. The fourth-order valence-electron chi connectivity index (χ4n) is 1.47. The molecule has 1 aliphatic heterocycles. The molecule has 4 N–H and O–H groups in total. The third kappa shape index (κ3) is 3.18. The van der Waals surface area contributed by atoms with Crippen LogP contribution in [0.5, 0.6) is 0 Å². The first-order valence-electron chi connectivity index (χ1n) is 4.88. The van der Waals surface area contributed by atoms with E-state index in [2.05, 4.69) is 0 Å². The van der Waals surface area contributed by atoms with Crippen molar-refractivity contribution in [2.45, 2.75) is 18.6 Å². The summed E-state index contributed by atoms with van der Waals surface area (Å²) in [6, 6.07) is 0.985. The van der Waals surface area contributed by atoms with Gasteiger partial charge >= 0.3 is 0 Å². The van der Waals surface area contributed by atoms with Gasteiger partial charge in [0.2, 0.25) is 11.8 Å². The van der Waals surface area contributed by atoms with Gasteiger partial charge in [-0.25, -0.2) is 0 Å². The fourth-order valence-corrected chi connectivity index (χ4v) is 1.47. The van der Waals surface area contributed by atoms with Crippen molar-refractivity contribution in [3.63, 3.8) is 0 Å². The van der Waals surface area contributed by atoms with Crippen LogP contribution in [0.15, 0.2) is 0 Å². The molecule has 0 aliphatic carbocycles. The maximum atomic E-state index is 11.7. The molecule has 1 heterocycles. The average molecular weight is 226 g/mol. The molecule has 7 heteroatoms. The van der Waals surface area contributed by atoms with Gasteiger partial charge in [0, 0.05) is 6.54 Å². The minimum absolute atomic E-state index is 0.182. The summed E-state index contributed by atoms with van der Waals surface area (Å²) in [4.78, 5) is 23.8. The molecule has 0 aromatic heterocycles. The van der Waals surface area contributed by atoms with Crippen molar-refractivity contribution in [2.24, 2.45) is 11.5 Å². The van der Waals surface area contributed by atoms with Crippen LogP contribution in [0.4, 0.5) is 0 Å². The predicted molar refractivity (Wildman–Crippen MR) is 53.7 cm³/mol. The first kappa shape index (κ1) is 12.4. The van der Waals surface area contributed by atoms with E-state index in [-0.39, 0.29) is 18.9 Å². The van der Waals surface area contributed by atoms with Gasteiger partial charge in [-0.2, -0.15) is 5.26 Å². The van der Waals surface area contributed by atoms with Crippen LogP contribution in [0.3, 0.4) is 0 Å². The van der Waals surface area contributed by atoms with E-state index in [1.54, 1.807) is 0 Å². The molecule has 1 saturated heterocycles. The Hall–Kier alpha value is -1.65. The lowest BCUT2D eigenvalue weighted by atomic mass is 10.1. The van der Waals surface area contributed by atoms with Crippen molar-refractivity contribution < 1.29 is 14.3 Å². The zero-order valence-electron chi connectivity index (χ0n) is 8.76. The molecule has 0 aromatic rings. The summed E-state index contributed by atoms with van der Waals surface area (Å²) in [5.74, 6) is -0.992. The molecule has 88 valence electrons. The van der Waals surface area contributed by atoms with Crippen molar-refractivity contribution in [3.8, 4) is 6.07 Å². The first-order valence-corrected chi connectivity index (χ1v) is 4.88. The van der Waals surface area contributed by atoms with Crippen LogP contribution < -0.4 is 11.5 Å². The summed E-state index contributed by atoms with van der Waals surface area (Å²) in [6.07, 6.45) is -0.814. The van der Waals surface area contributed by atoms with Gasteiger partial charge in [0.15, 0.2) is 6.10 Å². The van der Waals surface area contributed by atoms with Crippen molar-refractivity contribution in [1.82, 2.24) is 4.90 Å². The highest BCUT2D eigenvalue weighted by molar-refractivity contribution is 5.87. The zero-order chi connectivity index (χ0) is 12.1. The van der Waals surface area contributed by atoms with Crippen molar-refractivity contribution in [2.75, 3.05) is 19.7 Å². The number of nitrogens with zero attached hydrogens (tertiary/aromatic N) is 2. The van der Waals surface area contributed by atoms with Crippen molar-refractivity contribution in [3.05, 3.63) is 0 Å². The number of carbonyl (C=O) groups excluding carboxylic acids is 2. The summed E-state index contributed by atoms with van der Waals surface area (Å²) in [7, 11) is 0. The highest BCUT2D eigenvalue weighted by Gasteiger charge is 2.28. The Balaban J connectivity index is 2.53. The number of hydrogen-bond donors (Lipinski definition) is 2. The molecule has 1 aliphatic rings. The number of hydrogen-bond acceptors (Lipinski definition) is 5. The highest BCUT2D eigenvalue weighted by Crippen LogP contribution is 2.06. The predicted octanol–water partition coefficient (Wildman–Crippen LogP) is -2.06. The second kappa shape index (κ2) is 5.44. The molecule has 7 nitrogen and oxygen atoms in total. The van der Waals surface area contributed by atoms with Crippen LogP contribution in [0.1, 0.15) is 6.42 Å². The van der Waals surface area contributed by atoms with Gasteiger partial charge in [-0.3, -0.25) is 9.59 Å². The number of rotatable bonds is 3. The van der Waals surface area contributed by atoms with E-state index < -0.39 is 18.1 Å². The lowest BCUT2D eigenvalue weighted by molar-refractivity contribution is -0.139. The second-order valence-electron chi connectivity index (χ2n) is 3.55. The van der Waals surface area contributed by atoms with Crippen LogP contribution in [0.25, 0.3) is 0 Å². The average Bonchev–Trinajstić information content (AvgIpc) is 2.27. The van der Waals surface area contributed by atoms with E-state index in [0.29, 0.717) is 13.2 Å². The van der Waals surface area contributed by atoms with Crippen LogP contribution in [0, 0.1) is 11.3 Å². The van der Waals surface area contributed by atoms with Gasteiger partial charge in [0.25, 0.3) is 0 Å². The zero-order valence-corrected chi connectivity index (χ0v) is 8.76. The normalized spacial score (nSPS) is 22.2. The van der Waals surface area contributed by atoms with Gasteiger partial charge in [-0.05, 0) is 0 Å². The smallest absolute Gasteiger partial charge is 0.240 e. The number of carbonyl (C=O) groups is 2. The van der Waals surface area contributed by atoms with Gasteiger partial charge in [0.1, 0.15) is 0 Å². The number of morpholine rings is 1. The van der Waals surface area contributed by atoms with E-state index in [9.17, 15) is 9.59 Å². The summed E-state index contributed by atoms with van der Waals surface area (Å²) in [5.41, 5.74) is 10.5. The minimum Gasteiger partial charge on any atom is -0.370 e. The van der Waals surface area contributed by atoms with E-state index in [4.69, 9.17) is 21.5 Å². The Morgan fingerprint density at radius 3 is 2.88 bits per heavy atom. The molecule has 0 saturated carbocycles. The number of ether oxygens (including phenoxy) is 1. The molecule has 0 spiro atoms. The van der Waals surface area contributed by atoms with Crippen LogP contribution in [-0.4, -0.2) is 48.6 Å². The molecule has 2 amide bonds. The highest BCUT2D eigenvalue weighted by atomic mass is 16.5. The lowest BCUT2D eigenvalue weighted by Crippen LogP contribution is -2.51. The summed E-state index contributed by atoms with van der Waals surface area (Å²) in [5, 5.41) is 8.66. The van der Waals surface area contributed by atoms with E-state index in [1.165, 1.54) is 4.90 Å². The molecule has 1 fully saturated rings. The third-order valence-corrected chi connectivity index (χ3v) is 2.26. The number of nitriles is 1. The SMILES string of the molecule is N#CC1CN(C(=O)C(N)CC(N)=O)CCO1. The fraction of sp³-hybridized carbons (Fsp3) is 0.667. The largest absolute Gasteiger partial charge is 0.370 e. The van der Waals surface area contributed by atoms with E-state index in [1.807, 2.05) is 6.07 Å². The molecular weight excluding hydrogens is 212 g/mol.